The van der Waals surface area contributed by atoms with Gasteiger partial charge in [-0.15, -0.1) is 5.10 Å². The van der Waals surface area contributed by atoms with Crippen LogP contribution in [-0.4, -0.2) is 31.3 Å². The summed E-state index contributed by atoms with van der Waals surface area (Å²) in [6.07, 6.45) is 0.262. The normalized spacial score (nSPS) is 11.7. The van der Waals surface area contributed by atoms with Crippen molar-refractivity contribution in [1.29, 1.82) is 0 Å². The van der Waals surface area contributed by atoms with Crippen LogP contribution in [0, 0.1) is 0 Å². The number of pyridine rings is 3. The summed E-state index contributed by atoms with van der Waals surface area (Å²) in [4.78, 5) is 20.9. The van der Waals surface area contributed by atoms with E-state index in [1.54, 1.807) is 48.9 Å². The van der Waals surface area contributed by atoms with Crippen molar-refractivity contribution in [2.45, 2.75) is 12.7 Å². The number of nitrogens with zero attached hydrogens (tertiary/aromatic N) is 5. The van der Waals surface area contributed by atoms with Crippen molar-refractivity contribution < 1.29 is 17.9 Å². The topological polar surface area (TPSA) is 74.3 Å². The molecule has 0 fully saturated rings. The van der Waals surface area contributed by atoms with Gasteiger partial charge >= 0.3 is 11.9 Å². The van der Waals surface area contributed by atoms with Crippen molar-refractivity contribution in [2.75, 3.05) is 7.11 Å². The van der Waals surface area contributed by atoms with Crippen molar-refractivity contribution in [3.8, 4) is 28.1 Å². The quantitative estimate of drug-likeness (QED) is 0.318. The summed E-state index contributed by atoms with van der Waals surface area (Å²) < 4.78 is 46.8. The van der Waals surface area contributed by atoms with Gasteiger partial charge in [-0.1, -0.05) is 23.7 Å². The largest absolute Gasteiger partial charge is 0.481 e. The van der Waals surface area contributed by atoms with E-state index in [1.165, 1.54) is 22.3 Å². The molecule has 0 saturated carbocycles. The van der Waals surface area contributed by atoms with Crippen molar-refractivity contribution in [2.24, 2.45) is 0 Å². The van der Waals surface area contributed by atoms with E-state index >= 15 is 0 Å². The fourth-order valence-corrected chi connectivity index (χ4v) is 4.07. The zero-order chi connectivity index (χ0) is 25.4. The van der Waals surface area contributed by atoms with E-state index in [2.05, 4.69) is 15.1 Å². The van der Waals surface area contributed by atoms with Gasteiger partial charge in [0.15, 0.2) is 5.65 Å². The van der Waals surface area contributed by atoms with Crippen LogP contribution in [-0.2, 0) is 12.7 Å². The van der Waals surface area contributed by atoms with Gasteiger partial charge in [-0.05, 0) is 59.2 Å². The molecule has 4 heterocycles. The lowest BCUT2D eigenvalue weighted by Gasteiger charge is -2.11. The molecule has 5 rings (SSSR count). The minimum Gasteiger partial charge on any atom is -0.481 e. The van der Waals surface area contributed by atoms with Crippen molar-refractivity contribution in [1.82, 2.24) is 24.1 Å². The lowest BCUT2D eigenvalue weighted by molar-refractivity contribution is -0.141. The molecule has 0 aliphatic carbocycles. The molecule has 0 aliphatic rings. The molecule has 182 valence electrons. The molecule has 0 N–H and O–H groups in total. The highest BCUT2D eigenvalue weighted by atomic mass is 35.5. The highest BCUT2D eigenvalue weighted by Gasteiger charge is 2.33. The Morgan fingerprint density at radius 2 is 1.69 bits per heavy atom. The van der Waals surface area contributed by atoms with E-state index in [4.69, 9.17) is 16.3 Å². The van der Waals surface area contributed by atoms with Crippen molar-refractivity contribution in [3.05, 3.63) is 100.0 Å². The first-order valence-corrected chi connectivity index (χ1v) is 11.0. The molecule has 5 aromatic rings. The van der Waals surface area contributed by atoms with Crippen LogP contribution < -0.4 is 10.4 Å². The summed E-state index contributed by atoms with van der Waals surface area (Å²) in [6, 6.07) is 14.8. The highest BCUT2D eigenvalue weighted by Crippen LogP contribution is 2.35. The standard InChI is InChI=1S/C25H17ClF3N5O2/c1-36-23-17(4-7-20(31-23)25(27,28)29)14-34-24(35)33-13-10-19(15-2-5-18(26)6-3-15)21(22(33)32-34)16-8-11-30-12-9-16/h2-13H,14H2,1H3. The van der Waals surface area contributed by atoms with Gasteiger partial charge in [0, 0.05) is 34.7 Å². The minimum atomic E-state index is -4.62. The lowest BCUT2D eigenvalue weighted by atomic mass is 9.96. The average Bonchev–Trinajstić information content (AvgIpc) is 3.19. The van der Waals surface area contributed by atoms with Crippen LogP contribution in [0.1, 0.15) is 11.3 Å². The number of alkyl halides is 3. The van der Waals surface area contributed by atoms with E-state index in [0.29, 0.717) is 16.2 Å². The van der Waals surface area contributed by atoms with Gasteiger partial charge in [0.1, 0.15) is 5.69 Å². The maximum absolute atomic E-state index is 13.2. The minimum absolute atomic E-state index is 0.138. The first-order valence-electron chi connectivity index (χ1n) is 10.7. The third-order valence-electron chi connectivity index (χ3n) is 5.62. The first-order chi connectivity index (χ1) is 17.3. The number of fused-ring (bicyclic) bond motifs is 1. The maximum atomic E-state index is 13.2. The maximum Gasteiger partial charge on any atom is 0.433 e. The predicted molar refractivity (Wildman–Crippen MR) is 128 cm³/mol. The molecule has 0 bridgehead atoms. The molecule has 11 heteroatoms. The molecular formula is C25H17ClF3N5O2. The molecular weight excluding hydrogens is 495 g/mol. The molecule has 0 aliphatic heterocycles. The SMILES string of the molecule is COc1nc(C(F)(F)F)ccc1Cn1nc2c(-c3ccncc3)c(-c3ccc(Cl)cc3)ccn2c1=O. The fraction of sp³-hybridized carbons (Fsp3) is 0.120. The molecule has 4 aromatic heterocycles. The van der Waals surface area contributed by atoms with Gasteiger partial charge in [-0.2, -0.15) is 13.2 Å². The number of ether oxygens (including phenoxy) is 1. The average molecular weight is 512 g/mol. The summed E-state index contributed by atoms with van der Waals surface area (Å²) in [5.74, 6) is -0.231. The molecule has 0 atom stereocenters. The molecule has 36 heavy (non-hydrogen) atoms. The van der Waals surface area contributed by atoms with Crippen molar-refractivity contribution >= 4 is 17.2 Å². The van der Waals surface area contributed by atoms with Gasteiger partial charge in [0.2, 0.25) is 5.88 Å². The zero-order valence-corrected chi connectivity index (χ0v) is 19.5. The van der Waals surface area contributed by atoms with Gasteiger partial charge in [0.05, 0.1) is 13.7 Å². The Kier molecular flexibility index (Phi) is 5.97. The Morgan fingerprint density at radius 3 is 2.36 bits per heavy atom. The first kappa shape index (κ1) is 23.6. The molecule has 0 saturated heterocycles. The van der Waals surface area contributed by atoms with Gasteiger partial charge in [-0.3, -0.25) is 4.98 Å². The second-order valence-electron chi connectivity index (χ2n) is 7.84. The van der Waals surface area contributed by atoms with E-state index in [0.717, 1.165) is 22.8 Å². The second-order valence-corrected chi connectivity index (χ2v) is 8.28. The summed E-state index contributed by atoms with van der Waals surface area (Å²) >= 11 is 6.06. The van der Waals surface area contributed by atoms with Crippen LogP contribution in [0.15, 0.2) is 78.0 Å². The van der Waals surface area contributed by atoms with Crippen LogP contribution in [0.4, 0.5) is 13.2 Å². The Labute approximate surface area is 207 Å². The van der Waals surface area contributed by atoms with Crippen LogP contribution in [0.2, 0.25) is 5.02 Å². The number of methoxy groups -OCH3 is 1. The molecule has 0 radical (unpaired) electrons. The number of hydrogen-bond acceptors (Lipinski definition) is 5. The second kappa shape index (κ2) is 9.12. The highest BCUT2D eigenvalue weighted by molar-refractivity contribution is 6.30. The monoisotopic (exact) mass is 511 g/mol. The summed E-state index contributed by atoms with van der Waals surface area (Å²) in [7, 11) is 1.22. The summed E-state index contributed by atoms with van der Waals surface area (Å²) in [5.41, 5.74) is 2.25. The van der Waals surface area contributed by atoms with Crippen LogP contribution >= 0.6 is 11.6 Å². The Morgan fingerprint density at radius 1 is 0.972 bits per heavy atom. The molecule has 0 unspecified atom stereocenters. The van der Waals surface area contributed by atoms with Gasteiger partial charge in [-0.25, -0.2) is 18.9 Å². The fourth-order valence-electron chi connectivity index (χ4n) is 3.94. The van der Waals surface area contributed by atoms with Gasteiger partial charge in [0.25, 0.3) is 0 Å². The Hall–Kier alpha value is -4.18. The van der Waals surface area contributed by atoms with Crippen LogP contribution in [0.5, 0.6) is 5.88 Å². The molecule has 1 aromatic carbocycles. The van der Waals surface area contributed by atoms with E-state index in [9.17, 15) is 18.0 Å². The van der Waals surface area contributed by atoms with E-state index < -0.39 is 17.6 Å². The third kappa shape index (κ3) is 4.31. The lowest BCUT2D eigenvalue weighted by Crippen LogP contribution is -2.22. The molecule has 0 amide bonds. The Bertz CT molecular complexity index is 1610. The molecule has 7 nitrogen and oxygen atoms in total. The molecule has 0 spiro atoms. The number of benzene rings is 1. The van der Waals surface area contributed by atoms with Crippen LogP contribution in [0.3, 0.4) is 0 Å². The van der Waals surface area contributed by atoms with E-state index in [1.807, 2.05) is 12.1 Å². The number of hydrogen-bond donors (Lipinski definition) is 0. The number of halogens is 4. The predicted octanol–water partition coefficient (Wildman–Crippen LogP) is 5.35. The third-order valence-corrected chi connectivity index (χ3v) is 5.87. The summed E-state index contributed by atoms with van der Waals surface area (Å²) in [6.45, 7) is -0.138. The van der Waals surface area contributed by atoms with Gasteiger partial charge < -0.3 is 4.74 Å². The number of rotatable bonds is 5. The number of aromatic nitrogens is 5. The zero-order valence-electron chi connectivity index (χ0n) is 18.7. The Balaban J connectivity index is 1.67. The van der Waals surface area contributed by atoms with Crippen LogP contribution in [0.25, 0.3) is 27.9 Å². The summed E-state index contributed by atoms with van der Waals surface area (Å²) in [5, 5.41) is 5.14. The van der Waals surface area contributed by atoms with E-state index in [-0.39, 0.29) is 18.0 Å². The van der Waals surface area contributed by atoms with Crippen molar-refractivity contribution in [3.63, 3.8) is 0 Å². The smallest absolute Gasteiger partial charge is 0.433 e.